The van der Waals surface area contributed by atoms with Crippen LogP contribution >= 0.6 is 31.9 Å². The molecule has 68 valence electrons. The Morgan fingerprint density at radius 3 is 2.17 bits per heavy atom. The van der Waals surface area contributed by atoms with Crippen molar-refractivity contribution in [3.8, 4) is 0 Å². The van der Waals surface area contributed by atoms with Crippen LogP contribution in [-0.4, -0.2) is 27.4 Å². The van der Waals surface area contributed by atoms with Crippen molar-refractivity contribution in [3.63, 3.8) is 0 Å². The Balaban J connectivity index is 4.91. The Bertz CT molecular complexity index is 238. The summed E-state index contributed by atoms with van der Waals surface area (Å²) in [6, 6.07) is 0. The summed E-state index contributed by atoms with van der Waals surface area (Å²) >= 11 is 5.87. The van der Waals surface area contributed by atoms with Crippen molar-refractivity contribution in [2.24, 2.45) is 5.73 Å². The van der Waals surface area contributed by atoms with Gasteiger partial charge in [-0.05, 0) is 0 Å². The third-order valence-corrected chi connectivity index (χ3v) is 2.13. The van der Waals surface area contributed by atoms with E-state index in [1.165, 1.54) is 0 Å². The van der Waals surface area contributed by atoms with Gasteiger partial charge in [-0.25, -0.2) is 0 Å². The summed E-state index contributed by atoms with van der Waals surface area (Å²) in [6.45, 7) is 0. The zero-order chi connectivity index (χ0) is 9.72. The van der Waals surface area contributed by atoms with E-state index < -0.39 is 11.6 Å². The van der Waals surface area contributed by atoms with Gasteiger partial charge in [0.25, 0.3) is 0 Å². The number of halogens is 2. The average Bonchev–Trinajstić information content (AvgIpc) is 2.03. The van der Waals surface area contributed by atoms with Gasteiger partial charge in [0.05, 0.1) is 16.2 Å². The number of carbonyl (C=O) groups is 1. The highest BCUT2D eigenvalue weighted by atomic mass is 79.9. The van der Waals surface area contributed by atoms with E-state index in [0.717, 1.165) is 0 Å². The lowest BCUT2D eigenvalue weighted by Crippen LogP contribution is -2.23. The number of aliphatic hydroxyl groups excluding tert-OH is 1. The van der Waals surface area contributed by atoms with Crippen LogP contribution in [0.2, 0.25) is 0 Å². The lowest BCUT2D eigenvalue weighted by Gasteiger charge is -2.03. The minimum Gasteiger partial charge on any atom is -0.511 e. The molecule has 0 rings (SSSR count). The number of aliphatic hydroxyl groups is 1. The number of hydrogen-bond acceptors (Lipinski definition) is 3. The van der Waals surface area contributed by atoms with Crippen LogP contribution in [0.15, 0.2) is 11.3 Å². The number of carbonyl (C=O) groups excluding carboxylic acids is 1. The Labute approximate surface area is 86.6 Å². The molecule has 0 unspecified atom stereocenters. The first-order valence-electron chi connectivity index (χ1n) is 2.96. The minimum absolute atomic E-state index is 0.0406. The summed E-state index contributed by atoms with van der Waals surface area (Å²) in [7, 11) is 0. The number of Topliss-reactive ketones (excluding diaryl/α,β-unsaturated/α-hetero) is 1. The molecule has 0 aliphatic heterocycles. The molecule has 0 aromatic carbocycles. The van der Waals surface area contributed by atoms with Gasteiger partial charge in [-0.2, -0.15) is 0 Å². The molecule has 4 nitrogen and oxygen atoms in total. The van der Waals surface area contributed by atoms with Crippen LogP contribution in [0, 0.1) is 5.41 Å². The van der Waals surface area contributed by atoms with E-state index in [9.17, 15) is 4.79 Å². The SMILES string of the molecule is N=C(N)C(C(=O)CBr)=C(O)CBr. The van der Waals surface area contributed by atoms with Crippen LogP contribution in [0.5, 0.6) is 0 Å². The third kappa shape index (κ3) is 2.94. The molecule has 0 aromatic rings. The molecule has 0 aliphatic rings. The van der Waals surface area contributed by atoms with Gasteiger partial charge in [-0.3, -0.25) is 10.2 Å². The number of allylic oxidation sites excluding steroid dienone is 1. The van der Waals surface area contributed by atoms with Crippen LogP contribution < -0.4 is 5.73 Å². The molecule has 0 heterocycles. The number of rotatable bonds is 4. The van der Waals surface area contributed by atoms with E-state index in [1.54, 1.807) is 0 Å². The summed E-state index contributed by atoms with van der Waals surface area (Å²) in [5, 5.41) is 16.3. The zero-order valence-electron chi connectivity index (χ0n) is 6.10. The molecule has 0 saturated carbocycles. The van der Waals surface area contributed by atoms with Crippen LogP contribution in [0.4, 0.5) is 0 Å². The molecular weight excluding hydrogens is 292 g/mol. The molecule has 0 bridgehead atoms. The maximum absolute atomic E-state index is 11.0. The number of nitrogens with one attached hydrogen (secondary N) is 1. The minimum atomic E-state index is -0.420. The Morgan fingerprint density at radius 2 is 1.92 bits per heavy atom. The molecule has 0 fully saturated rings. The third-order valence-electron chi connectivity index (χ3n) is 1.08. The van der Waals surface area contributed by atoms with Gasteiger partial charge in [-0.1, -0.05) is 31.9 Å². The van der Waals surface area contributed by atoms with E-state index in [0.29, 0.717) is 0 Å². The molecule has 6 heteroatoms. The standard InChI is InChI=1S/C6H8Br2N2O2/c7-1-3(11)5(6(9)10)4(12)2-8/h11H,1-2H2,(H3,9,10). The van der Waals surface area contributed by atoms with E-state index in [-0.39, 0.29) is 22.0 Å². The summed E-state index contributed by atoms with van der Waals surface area (Å²) in [5.41, 5.74) is 4.96. The Hall–Kier alpha value is -0.360. The molecule has 0 aromatic heterocycles. The van der Waals surface area contributed by atoms with Crippen LogP contribution in [-0.2, 0) is 4.79 Å². The van der Waals surface area contributed by atoms with Crippen LogP contribution in [0.3, 0.4) is 0 Å². The second-order valence-corrected chi connectivity index (χ2v) is 3.05. The Morgan fingerprint density at radius 1 is 1.42 bits per heavy atom. The van der Waals surface area contributed by atoms with Gasteiger partial charge < -0.3 is 10.8 Å². The first kappa shape index (κ1) is 11.6. The molecule has 0 atom stereocenters. The molecule has 0 aliphatic carbocycles. The van der Waals surface area contributed by atoms with Crippen molar-refractivity contribution in [1.29, 1.82) is 5.41 Å². The van der Waals surface area contributed by atoms with E-state index in [1.807, 2.05) is 0 Å². The fourth-order valence-corrected chi connectivity index (χ4v) is 1.16. The van der Waals surface area contributed by atoms with Gasteiger partial charge in [0.2, 0.25) is 0 Å². The molecule has 0 saturated heterocycles. The normalized spacial score (nSPS) is 12.2. The van der Waals surface area contributed by atoms with E-state index in [2.05, 4.69) is 31.9 Å². The molecule has 0 radical (unpaired) electrons. The smallest absolute Gasteiger partial charge is 0.180 e. The van der Waals surface area contributed by atoms with Crippen LogP contribution in [0.1, 0.15) is 0 Å². The number of hydrogen-bond donors (Lipinski definition) is 3. The lowest BCUT2D eigenvalue weighted by atomic mass is 10.1. The van der Waals surface area contributed by atoms with Gasteiger partial charge in [0.1, 0.15) is 11.6 Å². The topological polar surface area (TPSA) is 87.2 Å². The van der Waals surface area contributed by atoms with Crippen molar-refractivity contribution < 1.29 is 9.90 Å². The molecule has 0 spiro atoms. The number of nitrogens with two attached hydrogens (primary N) is 1. The molecule has 12 heavy (non-hydrogen) atoms. The van der Waals surface area contributed by atoms with Gasteiger partial charge in [0, 0.05) is 0 Å². The number of ketones is 1. The maximum atomic E-state index is 11.0. The first-order valence-corrected chi connectivity index (χ1v) is 5.20. The van der Waals surface area contributed by atoms with Crippen molar-refractivity contribution in [2.45, 2.75) is 0 Å². The summed E-state index contributed by atoms with van der Waals surface area (Å²) in [5.74, 6) is -1.04. The molecule has 4 N–H and O–H groups in total. The lowest BCUT2D eigenvalue weighted by molar-refractivity contribution is -0.112. The van der Waals surface area contributed by atoms with Crippen molar-refractivity contribution in [3.05, 3.63) is 11.3 Å². The fraction of sp³-hybridized carbons (Fsp3) is 0.333. The highest BCUT2D eigenvalue weighted by Crippen LogP contribution is 2.07. The highest BCUT2D eigenvalue weighted by molar-refractivity contribution is 9.09. The van der Waals surface area contributed by atoms with E-state index >= 15 is 0 Å². The average molecular weight is 300 g/mol. The summed E-state index contributed by atoms with van der Waals surface area (Å²) in [6.07, 6.45) is 0. The highest BCUT2D eigenvalue weighted by Gasteiger charge is 2.15. The predicted molar refractivity (Wildman–Crippen MR) is 54.2 cm³/mol. The van der Waals surface area contributed by atoms with Crippen molar-refractivity contribution in [2.75, 3.05) is 10.7 Å². The van der Waals surface area contributed by atoms with Gasteiger partial charge in [0.15, 0.2) is 5.78 Å². The number of alkyl halides is 2. The first-order chi connectivity index (χ1) is 5.54. The largest absolute Gasteiger partial charge is 0.511 e. The Kier molecular flexibility index (Phi) is 5.16. The summed E-state index contributed by atoms with van der Waals surface area (Å²) in [4.78, 5) is 11.0. The van der Waals surface area contributed by atoms with Crippen molar-refractivity contribution >= 4 is 43.5 Å². The second kappa shape index (κ2) is 5.31. The fourth-order valence-electron chi connectivity index (χ4n) is 0.600. The van der Waals surface area contributed by atoms with Gasteiger partial charge in [-0.15, -0.1) is 0 Å². The molecule has 0 amide bonds. The van der Waals surface area contributed by atoms with E-state index in [4.69, 9.17) is 16.2 Å². The van der Waals surface area contributed by atoms with Crippen molar-refractivity contribution in [1.82, 2.24) is 0 Å². The second-order valence-electron chi connectivity index (χ2n) is 1.93. The quantitative estimate of drug-likeness (QED) is 0.239. The maximum Gasteiger partial charge on any atom is 0.180 e. The monoisotopic (exact) mass is 298 g/mol. The number of amidine groups is 1. The van der Waals surface area contributed by atoms with Crippen LogP contribution in [0.25, 0.3) is 0 Å². The van der Waals surface area contributed by atoms with Gasteiger partial charge >= 0.3 is 0 Å². The summed E-state index contributed by atoms with van der Waals surface area (Å²) < 4.78 is 0. The molecular formula is C6H8Br2N2O2. The zero-order valence-corrected chi connectivity index (χ0v) is 9.27. The predicted octanol–water partition coefficient (Wildman–Crippen LogP) is 1.09.